The number of alkyl halides is 1. The highest BCUT2D eigenvalue weighted by Crippen LogP contribution is 2.17. The first-order valence-electron chi connectivity index (χ1n) is 5.16. The molecule has 0 spiro atoms. The molecule has 7 nitrogen and oxygen atoms in total. The summed E-state index contributed by atoms with van der Waals surface area (Å²) in [6.07, 6.45) is 3.37. The number of halogens is 1. The van der Waals surface area contributed by atoms with Gasteiger partial charge in [0, 0.05) is 11.5 Å². The highest BCUT2D eigenvalue weighted by molar-refractivity contribution is 9.08. The van der Waals surface area contributed by atoms with Crippen LogP contribution in [0.2, 0.25) is 0 Å². The van der Waals surface area contributed by atoms with Gasteiger partial charge in [-0.3, -0.25) is 0 Å². The smallest absolute Gasteiger partial charge is 0.293 e. The third-order valence-corrected chi connectivity index (χ3v) is 2.80. The van der Waals surface area contributed by atoms with E-state index in [1.165, 1.54) is 0 Å². The lowest BCUT2D eigenvalue weighted by molar-refractivity contribution is 0.406. The van der Waals surface area contributed by atoms with Crippen molar-refractivity contribution in [1.82, 2.24) is 25.1 Å². The van der Waals surface area contributed by atoms with Crippen molar-refractivity contribution >= 4 is 15.9 Å². The van der Waals surface area contributed by atoms with Gasteiger partial charge < -0.3 is 8.94 Å². The first kappa shape index (κ1) is 11.1. The fourth-order valence-electron chi connectivity index (χ4n) is 1.44. The van der Waals surface area contributed by atoms with Crippen molar-refractivity contribution in [3.05, 3.63) is 36.1 Å². The largest absolute Gasteiger partial charge is 0.459 e. The van der Waals surface area contributed by atoms with Crippen LogP contribution in [0.15, 0.2) is 33.5 Å². The Morgan fingerprint density at radius 3 is 3.06 bits per heavy atom. The maximum absolute atomic E-state index is 5.17. The second kappa shape index (κ2) is 4.73. The zero-order valence-electron chi connectivity index (χ0n) is 9.15. The molecule has 0 aromatic carbocycles. The molecule has 0 aliphatic carbocycles. The molecule has 3 aromatic rings. The van der Waals surface area contributed by atoms with Crippen molar-refractivity contribution in [2.45, 2.75) is 11.9 Å². The molecular formula is C10H8BrN5O2. The summed E-state index contributed by atoms with van der Waals surface area (Å²) in [6, 6.07) is 3.52. The van der Waals surface area contributed by atoms with E-state index in [-0.39, 0.29) is 0 Å². The average Bonchev–Trinajstić information content (AvgIpc) is 3.10. The normalized spacial score (nSPS) is 10.9. The quantitative estimate of drug-likeness (QED) is 0.684. The van der Waals surface area contributed by atoms with Crippen LogP contribution in [-0.2, 0) is 11.9 Å². The van der Waals surface area contributed by atoms with Crippen molar-refractivity contribution in [1.29, 1.82) is 0 Å². The molecule has 0 radical (unpaired) electrons. The predicted molar refractivity (Wildman–Crippen MR) is 63.8 cm³/mol. The zero-order chi connectivity index (χ0) is 12.4. The third kappa shape index (κ3) is 2.19. The van der Waals surface area contributed by atoms with E-state index in [0.717, 1.165) is 5.69 Å². The van der Waals surface area contributed by atoms with Crippen LogP contribution in [0.4, 0.5) is 0 Å². The Morgan fingerprint density at radius 1 is 1.39 bits per heavy atom. The number of hydrogen-bond acceptors (Lipinski definition) is 6. The van der Waals surface area contributed by atoms with Crippen LogP contribution in [0, 0.1) is 0 Å². The van der Waals surface area contributed by atoms with Gasteiger partial charge in [0.2, 0.25) is 0 Å². The first-order chi connectivity index (χ1) is 8.85. The Kier molecular flexibility index (Phi) is 2.93. The van der Waals surface area contributed by atoms with Crippen LogP contribution in [-0.4, -0.2) is 25.1 Å². The zero-order valence-corrected chi connectivity index (χ0v) is 10.7. The van der Waals surface area contributed by atoms with Gasteiger partial charge in [-0.05, 0) is 12.1 Å². The molecule has 92 valence electrons. The number of nitrogens with zero attached hydrogens (tertiary/aromatic N) is 5. The van der Waals surface area contributed by atoms with Crippen LogP contribution >= 0.6 is 15.9 Å². The summed E-state index contributed by atoms with van der Waals surface area (Å²) in [5.41, 5.74) is 0.852. The molecule has 3 aromatic heterocycles. The van der Waals surface area contributed by atoms with E-state index < -0.39 is 0 Å². The number of hydrogen-bond donors (Lipinski definition) is 0. The van der Waals surface area contributed by atoms with Gasteiger partial charge in [0.25, 0.3) is 5.89 Å². The van der Waals surface area contributed by atoms with Gasteiger partial charge >= 0.3 is 0 Å². The van der Waals surface area contributed by atoms with Crippen LogP contribution in [0.3, 0.4) is 0 Å². The summed E-state index contributed by atoms with van der Waals surface area (Å²) in [6.45, 7) is 0.407. The number of rotatable bonds is 4. The van der Waals surface area contributed by atoms with Gasteiger partial charge in [0.15, 0.2) is 11.6 Å². The lowest BCUT2D eigenvalue weighted by Crippen LogP contribution is -2.02. The van der Waals surface area contributed by atoms with Crippen molar-refractivity contribution in [3.8, 4) is 11.7 Å². The van der Waals surface area contributed by atoms with Crippen LogP contribution < -0.4 is 0 Å². The molecule has 0 bridgehead atoms. The fraction of sp³-hybridized carbons (Fsp3) is 0.200. The summed E-state index contributed by atoms with van der Waals surface area (Å²) in [4.78, 5) is 4.21. The van der Waals surface area contributed by atoms with Crippen LogP contribution in [0.1, 0.15) is 11.5 Å². The lowest BCUT2D eigenvalue weighted by Gasteiger charge is -1.91. The summed E-state index contributed by atoms with van der Waals surface area (Å²) in [5.74, 6) is 1.43. The molecule has 8 heteroatoms. The molecule has 0 fully saturated rings. The summed E-state index contributed by atoms with van der Waals surface area (Å²) in [5, 5.41) is 12.4. The predicted octanol–water partition coefficient (Wildman–Crippen LogP) is 1.86. The molecule has 0 saturated heterocycles. The lowest BCUT2D eigenvalue weighted by atomic mass is 10.4. The highest BCUT2D eigenvalue weighted by atomic mass is 79.9. The Bertz CT molecular complexity index is 630. The SMILES string of the molecule is BrCc1cn(Cc2noc(-c3ccco3)n2)nn1. The van der Waals surface area contributed by atoms with Crippen molar-refractivity contribution < 1.29 is 8.94 Å². The maximum atomic E-state index is 5.17. The van der Waals surface area contributed by atoms with Gasteiger partial charge in [-0.2, -0.15) is 4.98 Å². The Labute approximate surface area is 110 Å². The van der Waals surface area contributed by atoms with E-state index in [1.807, 2.05) is 6.20 Å². The monoisotopic (exact) mass is 309 g/mol. The summed E-state index contributed by atoms with van der Waals surface area (Å²) in [7, 11) is 0. The van der Waals surface area contributed by atoms with E-state index >= 15 is 0 Å². The molecule has 18 heavy (non-hydrogen) atoms. The maximum Gasteiger partial charge on any atom is 0.293 e. The Morgan fingerprint density at radius 2 is 2.33 bits per heavy atom. The standard InChI is InChI=1S/C10H8BrN5O2/c11-4-7-5-16(15-13-7)6-9-12-10(18-14-9)8-2-1-3-17-8/h1-3,5H,4,6H2. The molecule has 0 amide bonds. The topological polar surface area (TPSA) is 82.8 Å². The van der Waals surface area contributed by atoms with Gasteiger partial charge in [0.1, 0.15) is 6.54 Å². The van der Waals surface area contributed by atoms with E-state index in [9.17, 15) is 0 Å². The number of aromatic nitrogens is 5. The van der Waals surface area contributed by atoms with E-state index in [2.05, 4.69) is 36.4 Å². The third-order valence-electron chi connectivity index (χ3n) is 2.23. The van der Waals surface area contributed by atoms with E-state index in [0.29, 0.717) is 29.4 Å². The molecular weight excluding hydrogens is 302 g/mol. The molecule has 3 rings (SSSR count). The molecule has 0 atom stereocenters. The minimum Gasteiger partial charge on any atom is -0.459 e. The summed E-state index contributed by atoms with van der Waals surface area (Å²) >= 11 is 3.31. The first-order valence-corrected chi connectivity index (χ1v) is 6.29. The van der Waals surface area contributed by atoms with Gasteiger partial charge in [0.05, 0.1) is 12.0 Å². The molecule has 0 saturated carbocycles. The highest BCUT2D eigenvalue weighted by Gasteiger charge is 2.11. The van der Waals surface area contributed by atoms with Crippen LogP contribution in [0.5, 0.6) is 0 Å². The second-order valence-corrected chi connectivity index (χ2v) is 4.09. The Hall–Kier alpha value is -1.96. The van der Waals surface area contributed by atoms with Gasteiger partial charge in [-0.1, -0.05) is 26.3 Å². The Balaban J connectivity index is 1.77. The molecule has 0 N–H and O–H groups in total. The minimum absolute atomic E-state index is 0.357. The van der Waals surface area contributed by atoms with Crippen molar-refractivity contribution in [2.24, 2.45) is 0 Å². The molecule has 0 aliphatic rings. The van der Waals surface area contributed by atoms with Crippen LogP contribution in [0.25, 0.3) is 11.7 Å². The van der Waals surface area contributed by atoms with E-state index in [1.54, 1.807) is 23.1 Å². The minimum atomic E-state index is 0.357. The van der Waals surface area contributed by atoms with Crippen molar-refractivity contribution in [3.63, 3.8) is 0 Å². The molecule has 3 heterocycles. The molecule has 0 aliphatic heterocycles. The van der Waals surface area contributed by atoms with Gasteiger partial charge in [-0.15, -0.1) is 5.10 Å². The number of furan rings is 1. The van der Waals surface area contributed by atoms with Crippen molar-refractivity contribution in [2.75, 3.05) is 0 Å². The summed E-state index contributed by atoms with van der Waals surface area (Å²) < 4.78 is 11.9. The second-order valence-electron chi connectivity index (χ2n) is 3.53. The van der Waals surface area contributed by atoms with E-state index in [4.69, 9.17) is 8.94 Å². The average molecular weight is 310 g/mol. The van der Waals surface area contributed by atoms with Gasteiger partial charge in [-0.25, -0.2) is 4.68 Å². The molecule has 0 unspecified atom stereocenters. The fourth-order valence-corrected chi connectivity index (χ4v) is 1.70.